The van der Waals surface area contributed by atoms with Gasteiger partial charge in [-0.25, -0.2) is 4.98 Å². The molecule has 0 atom stereocenters. The van der Waals surface area contributed by atoms with Crippen molar-refractivity contribution in [1.82, 2.24) is 19.9 Å². The van der Waals surface area contributed by atoms with E-state index in [9.17, 15) is 0 Å². The number of nitrogen functional groups attached to an aromatic ring is 1. The van der Waals surface area contributed by atoms with E-state index in [4.69, 9.17) is 10.5 Å². The molecular formula is C12H16N6O. The lowest BCUT2D eigenvalue weighted by Gasteiger charge is -2.11. The fourth-order valence-electron chi connectivity index (χ4n) is 1.37. The fourth-order valence-corrected chi connectivity index (χ4v) is 1.37. The second-order valence-corrected chi connectivity index (χ2v) is 4.27. The van der Waals surface area contributed by atoms with Crippen LogP contribution in [-0.4, -0.2) is 34.0 Å². The van der Waals surface area contributed by atoms with Crippen molar-refractivity contribution < 1.29 is 4.74 Å². The Labute approximate surface area is 111 Å². The van der Waals surface area contributed by atoms with E-state index in [0.29, 0.717) is 17.7 Å². The topological polar surface area (TPSA) is 90.0 Å². The molecule has 2 rings (SSSR count). The Morgan fingerprint density at radius 3 is 2.63 bits per heavy atom. The van der Waals surface area contributed by atoms with Crippen LogP contribution >= 0.6 is 0 Å². The molecule has 0 aliphatic rings. The van der Waals surface area contributed by atoms with E-state index in [1.54, 1.807) is 17.2 Å². The number of nitrogens with zero attached hydrogens (tertiary/aromatic N) is 5. The van der Waals surface area contributed by atoms with E-state index in [1.807, 2.05) is 27.1 Å². The summed E-state index contributed by atoms with van der Waals surface area (Å²) in [7, 11) is 3.67. The van der Waals surface area contributed by atoms with Gasteiger partial charge in [0.15, 0.2) is 5.82 Å². The number of pyridine rings is 1. The Hall–Kier alpha value is -2.44. The highest BCUT2D eigenvalue weighted by molar-refractivity contribution is 5.32. The molecule has 0 saturated carbocycles. The lowest BCUT2D eigenvalue weighted by molar-refractivity contribution is 0.284. The van der Waals surface area contributed by atoms with Gasteiger partial charge in [-0.1, -0.05) is 6.07 Å². The lowest BCUT2D eigenvalue weighted by Crippen LogP contribution is -2.17. The molecule has 19 heavy (non-hydrogen) atoms. The zero-order valence-corrected chi connectivity index (χ0v) is 11.2. The summed E-state index contributed by atoms with van der Waals surface area (Å²) in [6.45, 7) is 2.16. The van der Waals surface area contributed by atoms with Crippen LogP contribution in [0.5, 0.6) is 5.88 Å². The predicted octanol–water partition coefficient (Wildman–Crippen LogP) is 0.802. The Morgan fingerprint density at radius 1 is 1.21 bits per heavy atom. The zero-order chi connectivity index (χ0) is 13.8. The van der Waals surface area contributed by atoms with Crippen LogP contribution in [0.4, 0.5) is 11.9 Å². The summed E-state index contributed by atoms with van der Waals surface area (Å²) in [5.41, 5.74) is 6.70. The van der Waals surface area contributed by atoms with E-state index in [-0.39, 0.29) is 12.6 Å². The smallest absolute Gasteiger partial charge is 0.230 e. The minimum absolute atomic E-state index is 0.175. The second-order valence-electron chi connectivity index (χ2n) is 4.27. The molecule has 0 unspecified atom stereocenters. The van der Waals surface area contributed by atoms with Gasteiger partial charge in [0.1, 0.15) is 6.61 Å². The summed E-state index contributed by atoms with van der Waals surface area (Å²) < 4.78 is 5.50. The SMILES string of the molecule is Cc1ccc(OCc2nc(N)nc(N(C)C)n2)nc1. The van der Waals surface area contributed by atoms with Crippen LogP contribution in [0, 0.1) is 6.92 Å². The highest BCUT2D eigenvalue weighted by Crippen LogP contribution is 2.10. The van der Waals surface area contributed by atoms with Crippen LogP contribution in [0.15, 0.2) is 18.3 Å². The highest BCUT2D eigenvalue weighted by Gasteiger charge is 2.07. The average Bonchev–Trinajstić information content (AvgIpc) is 2.37. The van der Waals surface area contributed by atoms with Crippen molar-refractivity contribution in [1.29, 1.82) is 0 Å². The van der Waals surface area contributed by atoms with Gasteiger partial charge in [0, 0.05) is 26.4 Å². The monoisotopic (exact) mass is 260 g/mol. The van der Waals surface area contributed by atoms with Crippen molar-refractivity contribution in [3.63, 3.8) is 0 Å². The molecule has 0 aliphatic carbocycles. The van der Waals surface area contributed by atoms with Crippen LogP contribution in [0.2, 0.25) is 0 Å². The Bertz CT molecular complexity index is 555. The van der Waals surface area contributed by atoms with Crippen molar-refractivity contribution in [2.75, 3.05) is 24.7 Å². The Balaban J connectivity index is 2.08. The number of nitrogens with two attached hydrogens (primary N) is 1. The first-order valence-corrected chi connectivity index (χ1v) is 5.78. The molecule has 0 saturated heterocycles. The van der Waals surface area contributed by atoms with Gasteiger partial charge in [0.25, 0.3) is 0 Å². The third kappa shape index (κ3) is 3.51. The minimum atomic E-state index is 0.175. The van der Waals surface area contributed by atoms with Gasteiger partial charge in [-0.05, 0) is 12.5 Å². The standard InChI is InChI=1S/C12H16N6O/c1-8-4-5-10(14-6-8)19-7-9-15-11(13)17-12(16-9)18(2)3/h4-6H,7H2,1-3H3,(H2,13,15,16,17). The van der Waals surface area contributed by atoms with E-state index in [2.05, 4.69) is 19.9 Å². The molecule has 0 spiro atoms. The third-order valence-corrected chi connectivity index (χ3v) is 2.32. The molecule has 2 heterocycles. The van der Waals surface area contributed by atoms with Crippen molar-refractivity contribution in [2.45, 2.75) is 13.5 Å². The van der Waals surface area contributed by atoms with Crippen molar-refractivity contribution in [3.8, 4) is 5.88 Å². The molecule has 2 aromatic rings. The Kier molecular flexibility index (Phi) is 3.74. The van der Waals surface area contributed by atoms with E-state index < -0.39 is 0 Å². The molecule has 2 N–H and O–H groups in total. The van der Waals surface area contributed by atoms with Crippen molar-refractivity contribution in [3.05, 3.63) is 29.7 Å². The summed E-state index contributed by atoms with van der Waals surface area (Å²) in [5, 5.41) is 0. The first kappa shape index (κ1) is 13.0. The molecule has 7 nitrogen and oxygen atoms in total. The van der Waals surface area contributed by atoms with Crippen LogP contribution in [0.1, 0.15) is 11.4 Å². The molecule has 100 valence electrons. The van der Waals surface area contributed by atoms with Gasteiger partial charge < -0.3 is 15.4 Å². The van der Waals surface area contributed by atoms with Crippen molar-refractivity contribution >= 4 is 11.9 Å². The average molecular weight is 260 g/mol. The first-order valence-electron chi connectivity index (χ1n) is 5.78. The summed E-state index contributed by atoms with van der Waals surface area (Å²) in [6.07, 6.45) is 1.74. The summed E-state index contributed by atoms with van der Waals surface area (Å²) >= 11 is 0. The number of aromatic nitrogens is 4. The number of aryl methyl sites for hydroxylation is 1. The third-order valence-electron chi connectivity index (χ3n) is 2.32. The van der Waals surface area contributed by atoms with Crippen LogP contribution < -0.4 is 15.4 Å². The Morgan fingerprint density at radius 2 is 2.00 bits per heavy atom. The van der Waals surface area contributed by atoms with Gasteiger partial charge in [0.05, 0.1) is 0 Å². The quantitative estimate of drug-likeness (QED) is 0.869. The summed E-state index contributed by atoms with van der Waals surface area (Å²) in [5.74, 6) is 1.67. The van der Waals surface area contributed by atoms with Gasteiger partial charge >= 0.3 is 0 Å². The molecule has 0 aromatic carbocycles. The largest absolute Gasteiger partial charge is 0.469 e. The van der Waals surface area contributed by atoms with Crippen LogP contribution in [0.3, 0.4) is 0 Å². The maximum atomic E-state index is 5.63. The van der Waals surface area contributed by atoms with Gasteiger partial charge in [-0.2, -0.15) is 15.0 Å². The zero-order valence-electron chi connectivity index (χ0n) is 11.2. The van der Waals surface area contributed by atoms with Crippen LogP contribution in [-0.2, 0) is 6.61 Å². The number of hydrogen-bond donors (Lipinski definition) is 1. The summed E-state index contributed by atoms with van der Waals surface area (Å²) in [6, 6.07) is 3.72. The van der Waals surface area contributed by atoms with Crippen LogP contribution in [0.25, 0.3) is 0 Å². The second kappa shape index (κ2) is 5.47. The summed E-state index contributed by atoms with van der Waals surface area (Å²) in [4.78, 5) is 18.2. The molecule has 0 amide bonds. The normalized spacial score (nSPS) is 10.3. The molecule has 2 aromatic heterocycles. The number of anilines is 2. The first-order chi connectivity index (χ1) is 9.04. The van der Waals surface area contributed by atoms with Gasteiger partial charge in [0.2, 0.25) is 17.8 Å². The fraction of sp³-hybridized carbons (Fsp3) is 0.333. The lowest BCUT2D eigenvalue weighted by atomic mass is 10.3. The maximum absolute atomic E-state index is 5.63. The maximum Gasteiger partial charge on any atom is 0.230 e. The van der Waals surface area contributed by atoms with Gasteiger partial charge in [-0.3, -0.25) is 0 Å². The van der Waals surface area contributed by atoms with E-state index in [0.717, 1.165) is 5.56 Å². The molecule has 7 heteroatoms. The highest BCUT2D eigenvalue weighted by atomic mass is 16.5. The molecule has 0 aliphatic heterocycles. The number of ether oxygens (including phenoxy) is 1. The van der Waals surface area contributed by atoms with Crippen molar-refractivity contribution in [2.24, 2.45) is 0 Å². The van der Waals surface area contributed by atoms with E-state index >= 15 is 0 Å². The molecule has 0 bridgehead atoms. The molecular weight excluding hydrogens is 244 g/mol. The predicted molar refractivity (Wildman–Crippen MR) is 71.9 cm³/mol. The molecule has 0 radical (unpaired) electrons. The number of hydrogen-bond acceptors (Lipinski definition) is 7. The molecule has 0 fully saturated rings. The minimum Gasteiger partial charge on any atom is -0.469 e. The van der Waals surface area contributed by atoms with E-state index in [1.165, 1.54) is 0 Å². The van der Waals surface area contributed by atoms with Gasteiger partial charge in [-0.15, -0.1) is 0 Å². The number of rotatable bonds is 4.